The fourth-order valence-electron chi connectivity index (χ4n) is 3.15. The van der Waals surface area contributed by atoms with Gasteiger partial charge in [-0.1, -0.05) is 39.5 Å². The number of nitrogens with one attached hydrogen (secondary N) is 1. The first-order valence-electron chi connectivity index (χ1n) is 9.84. The predicted molar refractivity (Wildman–Crippen MR) is 118 cm³/mol. The molecule has 30 heavy (non-hydrogen) atoms. The highest BCUT2D eigenvalue weighted by Crippen LogP contribution is 2.32. The third-order valence-corrected chi connectivity index (χ3v) is 8.27. The molecule has 0 fully saturated rings. The number of aryl methyl sites for hydroxylation is 1. The number of imidazole rings is 1. The molecule has 2 rings (SSSR count). The van der Waals surface area contributed by atoms with Gasteiger partial charge in [0.05, 0.1) is 21.2 Å². The maximum Gasteiger partial charge on any atom is 0.318 e. The van der Waals surface area contributed by atoms with Gasteiger partial charge in [0.25, 0.3) is 0 Å². The van der Waals surface area contributed by atoms with E-state index in [1.54, 1.807) is 32.0 Å². The van der Waals surface area contributed by atoms with Crippen LogP contribution in [0.3, 0.4) is 0 Å². The molecule has 0 bridgehead atoms. The monoisotopic (exact) mass is 455 g/mol. The van der Waals surface area contributed by atoms with Crippen LogP contribution >= 0.6 is 11.8 Å². The number of imide groups is 1. The second-order valence-electron chi connectivity index (χ2n) is 7.01. The first-order valence-corrected chi connectivity index (χ1v) is 12.2. The van der Waals surface area contributed by atoms with E-state index in [0.717, 1.165) is 5.52 Å². The maximum absolute atomic E-state index is 12.8. The highest BCUT2D eigenvalue weighted by atomic mass is 32.2. The molecule has 0 aliphatic heterocycles. The van der Waals surface area contributed by atoms with Crippen LogP contribution in [0.1, 0.15) is 34.6 Å². The number of thioether (sulfide) groups is 1. The Morgan fingerprint density at radius 1 is 1.23 bits per heavy atom. The van der Waals surface area contributed by atoms with Crippen LogP contribution < -0.4 is 11.1 Å². The molecule has 0 aliphatic carbocycles. The predicted octanol–water partition coefficient (Wildman–Crippen LogP) is 2.40. The van der Waals surface area contributed by atoms with Crippen LogP contribution in [0, 0.1) is 5.92 Å². The number of benzene rings is 1. The number of amides is 3. The molecule has 166 valence electrons. The molecule has 2 aromatic rings. The van der Waals surface area contributed by atoms with Gasteiger partial charge < -0.3 is 10.3 Å². The van der Waals surface area contributed by atoms with Crippen LogP contribution in [0.25, 0.3) is 11.0 Å². The number of aromatic nitrogens is 2. The molecule has 11 heteroatoms. The molecule has 0 saturated heterocycles. The topological polar surface area (TPSA) is 127 Å². The number of nitrogens with zero attached hydrogens (tertiary/aromatic N) is 3. The van der Waals surface area contributed by atoms with Gasteiger partial charge in [0.1, 0.15) is 0 Å². The summed E-state index contributed by atoms with van der Waals surface area (Å²) in [7, 11) is -3.60. The van der Waals surface area contributed by atoms with E-state index >= 15 is 0 Å². The SMILES string of the molecule is CCN(CC)S(=O)(=O)c1ccc2c(c1)nc(S[C@@H](C(=O)NC(N)=O)C(C)C)n2CC. The van der Waals surface area contributed by atoms with E-state index in [-0.39, 0.29) is 10.8 Å². The molecule has 9 nitrogen and oxygen atoms in total. The summed E-state index contributed by atoms with van der Waals surface area (Å²) in [6.07, 6.45) is 0. The molecule has 3 amide bonds. The number of carbonyl (C=O) groups is 2. The van der Waals surface area contributed by atoms with Gasteiger partial charge in [0.15, 0.2) is 5.16 Å². The van der Waals surface area contributed by atoms with Gasteiger partial charge in [-0.3, -0.25) is 10.1 Å². The van der Waals surface area contributed by atoms with Crippen molar-refractivity contribution in [3.8, 4) is 0 Å². The molecular weight excluding hydrogens is 426 g/mol. The number of hydrogen-bond donors (Lipinski definition) is 2. The summed E-state index contributed by atoms with van der Waals surface area (Å²) >= 11 is 1.22. The Hall–Kier alpha value is -2.11. The van der Waals surface area contributed by atoms with Crippen LogP contribution in [0.15, 0.2) is 28.3 Å². The minimum Gasteiger partial charge on any atom is -0.351 e. The van der Waals surface area contributed by atoms with Crippen LogP contribution in [-0.2, 0) is 21.4 Å². The Morgan fingerprint density at radius 3 is 2.37 bits per heavy atom. The molecule has 1 heterocycles. The van der Waals surface area contributed by atoms with Crippen LogP contribution in [0.5, 0.6) is 0 Å². The highest BCUT2D eigenvalue weighted by molar-refractivity contribution is 8.00. The van der Waals surface area contributed by atoms with E-state index in [1.165, 1.54) is 16.1 Å². The summed E-state index contributed by atoms with van der Waals surface area (Å²) < 4.78 is 29.0. The Kier molecular flexibility index (Phi) is 7.89. The molecule has 1 atom stereocenters. The molecule has 1 aromatic carbocycles. The number of hydrogen-bond acceptors (Lipinski definition) is 6. The van der Waals surface area contributed by atoms with E-state index in [0.29, 0.717) is 30.3 Å². The zero-order chi connectivity index (χ0) is 22.6. The van der Waals surface area contributed by atoms with E-state index in [2.05, 4.69) is 10.3 Å². The lowest BCUT2D eigenvalue weighted by Gasteiger charge is -2.18. The van der Waals surface area contributed by atoms with Gasteiger partial charge in [-0.2, -0.15) is 4.31 Å². The first-order chi connectivity index (χ1) is 14.1. The highest BCUT2D eigenvalue weighted by Gasteiger charge is 2.28. The number of primary amides is 1. The zero-order valence-corrected chi connectivity index (χ0v) is 19.5. The minimum absolute atomic E-state index is 0.0851. The number of carbonyl (C=O) groups excluding carboxylic acids is 2. The quantitative estimate of drug-likeness (QED) is 0.559. The van der Waals surface area contributed by atoms with Crippen LogP contribution in [0.2, 0.25) is 0 Å². The van der Waals surface area contributed by atoms with Gasteiger partial charge >= 0.3 is 6.03 Å². The van der Waals surface area contributed by atoms with E-state index < -0.39 is 27.2 Å². The lowest BCUT2D eigenvalue weighted by Crippen LogP contribution is -2.42. The summed E-state index contributed by atoms with van der Waals surface area (Å²) in [6.45, 7) is 10.6. The Bertz CT molecular complexity index is 1030. The smallest absolute Gasteiger partial charge is 0.318 e. The van der Waals surface area contributed by atoms with Crippen molar-refractivity contribution < 1.29 is 18.0 Å². The average molecular weight is 456 g/mol. The summed E-state index contributed by atoms with van der Waals surface area (Å²) in [6, 6.07) is 3.98. The molecule has 1 aromatic heterocycles. The largest absolute Gasteiger partial charge is 0.351 e. The maximum atomic E-state index is 12.8. The standard InChI is InChI=1S/C19H29N5O4S2/c1-6-23(7-2)30(27,28)13-9-10-15-14(11-13)21-19(24(15)8-3)29-16(12(4)5)17(25)22-18(20)26/h9-12,16H,6-8H2,1-5H3,(H3,20,22,25,26)/t16-/m1/s1. The zero-order valence-electron chi connectivity index (χ0n) is 17.9. The Balaban J connectivity index is 2.49. The van der Waals surface area contributed by atoms with Crippen molar-refractivity contribution in [3.63, 3.8) is 0 Å². The van der Waals surface area contributed by atoms with E-state index in [1.807, 2.05) is 25.3 Å². The number of sulfonamides is 1. The van der Waals surface area contributed by atoms with Gasteiger partial charge in [-0.15, -0.1) is 0 Å². The summed E-state index contributed by atoms with van der Waals surface area (Å²) in [4.78, 5) is 28.3. The van der Waals surface area contributed by atoms with Gasteiger partial charge in [0.2, 0.25) is 15.9 Å². The molecule has 0 spiro atoms. The molecule has 0 radical (unpaired) electrons. The number of urea groups is 1. The van der Waals surface area contributed by atoms with Gasteiger partial charge in [-0.25, -0.2) is 18.2 Å². The number of fused-ring (bicyclic) bond motifs is 1. The van der Waals surface area contributed by atoms with Crippen LogP contribution in [0.4, 0.5) is 4.79 Å². The lowest BCUT2D eigenvalue weighted by atomic mass is 10.1. The minimum atomic E-state index is -3.60. The molecule has 3 N–H and O–H groups in total. The lowest BCUT2D eigenvalue weighted by molar-refractivity contribution is -0.120. The van der Waals surface area contributed by atoms with Crippen molar-refractivity contribution in [1.29, 1.82) is 0 Å². The number of rotatable bonds is 9. The summed E-state index contributed by atoms with van der Waals surface area (Å²) in [5, 5.41) is 2.11. The summed E-state index contributed by atoms with van der Waals surface area (Å²) in [5.74, 6) is -0.569. The molecular formula is C19H29N5O4S2. The molecule has 0 unspecified atom stereocenters. The second-order valence-corrected chi connectivity index (χ2v) is 10.1. The average Bonchev–Trinajstić information content (AvgIpc) is 3.02. The molecule has 0 saturated carbocycles. The normalized spacial score (nSPS) is 13.2. The van der Waals surface area contributed by atoms with Crippen LogP contribution in [-0.4, -0.2) is 52.6 Å². The first kappa shape index (κ1) is 24.2. The van der Waals surface area contributed by atoms with Gasteiger partial charge in [-0.05, 0) is 31.0 Å². The Labute approximate surface area is 181 Å². The van der Waals surface area contributed by atoms with E-state index in [4.69, 9.17) is 5.73 Å². The fraction of sp³-hybridized carbons (Fsp3) is 0.526. The fourth-order valence-corrected chi connectivity index (χ4v) is 5.80. The van der Waals surface area contributed by atoms with Crippen molar-refractivity contribution in [1.82, 2.24) is 19.2 Å². The van der Waals surface area contributed by atoms with Crippen molar-refractivity contribution in [3.05, 3.63) is 18.2 Å². The second kappa shape index (κ2) is 9.80. The Morgan fingerprint density at radius 2 is 1.87 bits per heavy atom. The molecule has 0 aliphatic rings. The van der Waals surface area contributed by atoms with Crippen molar-refractivity contribution >= 4 is 44.8 Å². The van der Waals surface area contributed by atoms with E-state index in [9.17, 15) is 18.0 Å². The van der Waals surface area contributed by atoms with Crippen molar-refractivity contribution in [2.45, 2.75) is 56.5 Å². The summed E-state index contributed by atoms with van der Waals surface area (Å²) in [5.41, 5.74) is 6.39. The van der Waals surface area contributed by atoms with Crippen molar-refractivity contribution in [2.24, 2.45) is 11.7 Å². The number of nitrogens with two attached hydrogens (primary N) is 1. The van der Waals surface area contributed by atoms with Crippen molar-refractivity contribution in [2.75, 3.05) is 13.1 Å². The third-order valence-electron chi connectivity index (χ3n) is 4.69. The third kappa shape index (κ3) is 4.96. The van der Waals surface area contributed by atoms with Gasteiger partial charge in [0, 0.05) is 19.6 Å².